The highest BCUT2D eigenvalue weighted by atomic mass is 35.5. The van der Waals surface area contributed by atoms with Gasteiger partial charge in [0.25, 0.3) is 0 Å². The summed E-state index contributed by atoms with van der Waals surface area (Å²) >= 11 is 7.36. The van der Waals surface area contributed by atoms with E-state index in [9.17, 15) is 9.59 Å². The van der Waals surface area contributed by atoms with Crippen LogP contribution >= 0.6 is 22.9 Å². The van der Waals surface area contributed by atoms with Crippen LogP contribution in [-0.4, -0.2) is 50.7 Å². The third-order valence-corrected chi connectivity index (χ3v) is 6.71. The average Bonchev–Trinajstić information content (AvgIpc) is 3.20. The number of benzene rings is 1. The van der Waals surface area contributed by atoms with Gasteiger partial charge in [-0.1, -0.05) is 31.0 Å². The van der Waals surface area contributed by atoms with E-state index in [0.29, 0.717) is 36.2 Å². The van der Waals surface area contributed by atoms with Crippen LogP contribution in [0, 0.1) is 0 Å². The normalized spacial score (nSPS) is 16.9. The number of carbonyl (C=O) groups excluding carboxylic acids is 2. The van der Waals surface area contributed by atoms with E-state index in [1.54, 1.807) is 17.0 Å². The maximum Gasteiger partial charge on any atom is 0.247 e. The zero-order chi connectivity index (χ0) is 22.7. The standard InChI is InChI=1S/C23H24ClN5O2S/c1-2-3-19-23(31)28(13-15-4-7-17-18(12-15)26-14-27-22(17)25)10-11-29(19)21(30)9-6-16-5-8-20(24)32-16/h4-9,12,14,19H,2-3,10-11,13H2,1H3,(H2,25,26,27)/b9-6+. The molecule has 166 valence electrons. The Bertz CT molecular complexity index is 1180. The number of halogens is 1. The lowest BCUT2D eigenvalue weighted by molar-refractivity contribution is -0.150. The van der Waals surface area contributed by atoms with Gasteiger partial charge in [0, 0.05) is 36.0 Å². The number of amides is 2. The molecule has 3 heterocycles. The molecule has 2 N–H and O–H groups in total. The highest BCUT2D eigenvalue weighted by Crippen LogP contribution is 2.24. The number of nitrogens with two attached hydrogens (primary N) is 1. The molecular weight excluding hydrogens is 446 g/mol. The number of thiophene rings is 1. The summed E-state index contributed by atoms with van der Waals surface area (Å²) in [5, 5.41) is 0.792. The van der Waals surface area contributed by atoms with Crippen LogP contribution in [0.4, 0.5) is 5.82 Å². The van der Waals surface area contributed by atoms with Crippen LogP contribution in [0.1, 0.15) is 30.2 Å². The van der Waals surface area contributed by atoms with Gasteiger partial charge in [-0.25, -0.2) is 9.97 Å². The van der Waals surface area contributed by atoms with Crippen molar-refractivity contribution in [2.75, 3.05) is 18.8 Å². The quantitative estimate of drug-likeness (QED) is 0.551. The first-order chi connectivity index (χ1) is 15.5. The molecule has 1 saturated heterocycles. The molecule has 7 nitrogen and oxygen atoms in total. The fraction of sp³-hybridized carbons (Fsp3) is 0.304. The highest BCUT2D eigenvalue weighted by molar-refractivity contribution is 7.17. The third kappa shape index (κ3) is 4.76. The molecule has 1 fully saturated rings. The number of nitrogen functional groups attached to an aromatic ring is 1. The smallest absolute Gasteiger partial charge is 0.247 e. The summed E-state index contributed by atoms with van der Waals surface area (Å²) < 4.78 is 0.674. The fourth-order valence-corrected chi connectivity index (χ4v) is 4.88. The van der Waals surface area contributed by atoms with E-state index in [1.165, 1.54) is 23.7 Å². The van der Waals surface area contributed by atoms with Gasteiger partial charge < -0.3 is 15.5 Å². The van der Waals surface area contributed by atoms with Crippen LogP contribution in [-0.2, 0) is 16.1 Å². The Morgan fingerprint density at radius 1 is 1.28 bits per heavy atom. The zero-order valence-electron chi connectivity index (χ0n) is 17.7. The van der Waals surface area contributed by atoms with Crippen LogP contribution in [0.2, 0.25) is 4.34 Å². The number of hydrogen-bond donors (Lipinski definition) is 1. The second-order valence-corrected chi connectivity index (χ2v) is 9.43. The molecule has 9 heteroatoms. The monoisotopic (exact) mass is 469 g/mol. The zero-order valence-corrected chi connectivity index (χ0v) is 19.3. The molecule has 0 saturated carbocycles. The summed E-state index contributed by atoms with van der Waals surface area (Å²) in [6.45, 7) is 3.46. The van der Waals surface area contributed by atoms with Crippen LogP contribution in [0.15, 0.2) is 42.7 Å². The van der Waals surface area contributed by atoms with Gasteiger partial charge in [-0.05, 0) is 42.3 Å². The van der Waals surface area contributed by atoms with Gasteiger partial charge in [0.2, 0.25) is 11.8 Å². The van der Waals surface area contributed by atoms with E-state index >= 15 is 0 Å². The van der Waals surface area contributed by atoms with Crippen LogP contribution in [0.25, 0.3) is 17.0 Å². The summed E-state index contributed by atoms with van der Waals surface area (Å²) in [7, 11) is 0. The maximum absolute atomic E-state index is 13.3. The van der Waals surface area contributed by atoms with Gasteiger partial charge in [-0.2, -0.15) is 0 Å². The molecule has 4 rings (SSSR count). The Balaban J connectivity index is 1.48. The molecule has 1 atom stereocenters. The number of hydrogen-bond acceptors (Lipinski definition) is 6. The number of fused-ring (bicyclic) bond motifs is 1. The van der Waals surface area contributed by atoms with Crippen molar-refractivity contribution >= 4 is 57.5 Å². The molecule has 3 aromatic rings. The number of nitrogens with zero attached hydrogens (tertiary/aromatic N) is 4. The van der Waals surface area contributed by atoms with Gasteiger partial charge in [0.15, 0.2) is 0 Å². The Kier molecular flexibility index (Phi) is 6.72. The van der Waals surface area contributed by atoms with Gasteiger partial charge in [0.1, 0.15) is 18.2 Å². The Hall–Kier alpha value is -2.97. The molecule has 0 radical (unpaired) electrons. The first kappa shape index (κ1) is 22.2. The molecule has 2 aromatic heterocycles. The van der Waals surface area contributed by atoms with Crippen molar-refractivity contribution in [3.05, 3.63) is 57.5 Å². The van der Waals surface area contributed by atoms with E-state index in [2.05, 4.69) is 9.97 Å². The second-order valence-electron chi connectivity index (χ2n) is 7.68. The van der Waals surface area contributed by atoms with E-state index in [4.69, 9.17) is 17.3 Å². The number of piperazine rings is 1. The molecule has 1 unspecified atom stereocenters. The number of rotatable bonds is 6. The van der Waals surface area contributed by atoms with E-state index in [1.807, 2.05) is 36.1 Å². The number of carbonyl (C=O) groups is 2. The lowest BCUT2D eigenvalue weighted by Crippen LogP contribution is -2.58. The molecule has 0 spiro atoms. The van der Waals surface area contributed by atoms with Crippen molar-refractivity contribution in [3.8, 4) is 0 Å². The fourth-order valence-electron chi connectivity index (χ4n) is 3.92. The van der Waals surface area contributed by atoms with Gasteiger partial charge in [0.05, 0.1) is 9.85 Å². The maximum atomic E-state index is 13.3. The van der Waals surface area contributed by atoms with Crippen molar-refractivity contribution in [1.82, 2.24) is 19.8 Å². The average molecular weight is 470 g/mol. The molecule has 0 aliphatic carbocycles. The third-order valence-electron chi connectivity index (χ3n) is 5.52. The first-order valence-electron chi connectivity index (χ1n) is 10.5. The summed E-state index contributed by atoms with van der Waals surface area (Å²) in [4.78, 5) is 38.8. The van der Waals surface area contributed by atoms with Crippen LogP contribution in [0.5, 0.6) is 0 Å². The highest BCUT2D eigenvalue weighted by Gasteiger charge is 2.36. The number of anilines is 1. The van der Waals surface area contributed by atoms with Gasteiger partial charge in [-0.15, -0.1) is 11.3 Å². The predicted octanol–water partition coefficient (Wildman–Crippen LogP) is 3.98. The number of aromatic nitrogens is 2. The van der Waals surface area contributed by atoms with E-state index in [0.717, 1.165) is 27.8 Å². The van der Waals surface area contributed by atoms with Crippen molar-refractivity contribution in [1.29, 1.82) is 0 Å². The van der Waals surface area contributed by atoms with E-state index in [-0.39, 0.29) is 11.8 Å². The van der Waals surface area contributed by atoms with Crippen molar-refractivity contribution < 1.29 is 9.59 Å². The van der Waals surface area contributed by atoms with Crippen molar-refractivity contribution in [3.63, 3.8) is 0 Å². The minimum absolute atomic E-state index is 0.0266. The second kappa shape index (κ2) is 9.67. The Labute approximate surface area is 195 Å². The summed E-state index contributed by atoms with van der Waals surface area (Å²) in [6.07, 6.45) is 6.15. The topological polar surface area (TPSA) is 92.4 Å². The summed E-state index contributed by atoms with van der Waals surface area (Å²) in [6, 6.07) is 8.96. The lowest BCUT2D eigenvalue weighted by atomic mass is 10.0. The Morgan fingerprint density at radius 3 is 2.88 bits per heavy atom. The summed E-state index contributed by atoms with van der Waals surface area (Å²) in [5.41, 5.74) is 7.62. The van der Waals surface area contributed by atoms with Crippen LogP contribution in [0.3, 0.4) is 0 Å². The molecule has 32 heavy (non-hydrogen) atoms. The van der Waals surface area contributed by atoms with Gasteiger partial charge in [-0.3, -0.25) is 9.59 Å². The largest absolute Gasteiger partial charge is 0.383 e. The SMILES string of the molecule is CCCC1C(=O)N(Cc2ccc3c(N)ncnc3c2)CCN1C(=O)/C=C/c1ccc(Cl)s1. The van der Waals surface area contributed by atoms with Crippen molar-refractivity contribution in [2.45, 2.75) is 32.4 Å². The Morgan fingerprint density at radius 2 is 2.12 bits per heavy atom. The minimum atomic E-state index is -0.462. The van der Waals surface area contributed by atoms with Gasteiger partial charge >= 0.3 is 0 Å². The summed E-state index contributed by atoms with van der Waals surface area (Å²) in [5.74, 6) is 0.255. The molecule has 2 amide bonds. The van der Waals surface area contributed by atoms with E-state index < -0.39 is 6.04 Å². The lowest BCUT2D eigenvalue weighted by Gasteiger charge is -2.40. The predicted molar refractivity (Wildman–Crippen MR) is 128 cm³/mol. The first-order valence-corrected chi connectivity index (χ1v) is 11.7. The molecule has 1 aliphatic rings. The molecular formula is C23H24ClN5O2S. The molecule has 1 aromatic carbocycles. The minimum Gasteiger partial charge on any atom is -0.383 e. The molecule has 0 bridgehead atoms. The molecule has 1 aliphatic heterocycles. The van der Waals surface area contributed by atoms with Crippen LogP contribution < -0.4 is 5.73 Å². The van der Waals surface area contributed by atoms with Crippen molar-refractivity contribution in [2.24, 2.45) is 0 Å².